The number of hydrogen-bond acceptors (Lipinski definition) is 4. The van der Waals surface area contributed by atoms with E-state index in [0.717, 1.165) is 30.9 Å². The molecule has 0 saturated carbocycles. The van der Waals surface area contributed by atoms with Crippen LogP contribution in [0.5, 0.6) is 5.75 Å². The highest BCUT2D eigenvalue weighted by Gasteiger charge is 2.17. The van der Waals surface area contributed by atoms with Crippen LogP contribution in [0.15, 0.2) is 24.3 Å². The minimum absolute atomic E-state index is 0.425. The summed E-state index contributed by atoms with van der Waals surface area (Å²) >= 11 is 6.98. The van der Waals surface area contributed by atoms with E-state index < -0.39 is 0 Å². The van der Waals surface area contributed by atoms with E-state index in [2.05, 4.69) is 23.6 Å². The van der Waals surface area contributed by atoms with Crippen molar-refractivity contribution in [3.05, 3.63) is 29.8 Å². The molecule has 1 aromatic carbocycles. The summed E-state index contributed by atoms with van der Waals surface area (Å²) in [6, 6.07) is 8.35. The molecule has 1 heterocycles. The van der Waals surface area contributed by atoms with Crippen molar-refractivity contribution in [1.82, 2.24) is 4.90 Å². The van der Waals surface area contributed by atoms with E-state index in [1.807, 2.05) is 24.3 Å². The molecule has 1 fully saturated rings. The lowest BCUT2D eigenvalue weighted by atomic mass is 10.2. The van der Waals surface area contributed by atoms with E-state index in [9.17, 15) is 0 Å². The Morgan fingerprint density at radius 2 is 2.20 bits per heavy atom. The maximum atomic E-state index is 5.75. The Morgan fingerprint density at radius 3 is 2.85 bits per heavy atom. The van der Waals surface area contributed by atoms with Crippen LogP contribution in [0.3, 0.4) is 0 Å². The van der Waals surface area contributed by atoms with Crippen molar-refractivity contribution in [2.75, 3.05) is 31.2 Å². The highest BCUT2D eigenvalue weighted by Crippen LogP contribution is 2.16. The third-order valence-electron chi connectivity index (χ3n) is 3.50. The molecule has 2 N–H and O–H groups in total. The van der Waals surface area contributed by atoms with E-state index in [4.69, 9.17) is 22.7 Å². The van der Waals surface area contributed by atoms with Gasteiger partial charge in [0.1, 0.15) is 10.7 Å². The van der Waals surface area contributed by atoms with Crippen molar-refractivity contribution in [3.8, 4) is 5.75 Å². The van der Waals surface area contributed by atoms with Crippen LogP contribution in [-0.2, 0) is 0 Å². The van der Waals surface area contributed by atoms with Crippen LogP contribution < -0.4 is 10.5 Å². The summed E-state index contributed by atoms with van der Waals surface area (Å²) in [7, 11) is 0. The Kier molecular flexibility index (Phi) is 6.13. The monoisotopic (exact) mass is 310 g/mol. The SMILES string of the molecule is CC1CSCCN1CCCOc1ccc(C(N)=S)cc1. The summed E-state index contributed by atoms with van der Waals surface area (Å²) in [6.45, 7) is 5.38. The first-order chi connectivity index (χ1) is 9.66. The van der Waals surface area contributed by atoms with Gasteiger partial charge in [0, 0.05) is 36.2 Å². The van der Waals surface area contributed by atoms with Crippen LogP contribution in [0.25, 0.3) is 0 Å². The number of nitrogens with two attached hydrogens (primary N) is 1. The largest absolute Gasteiger partial charge is 0.494 e. The van der Waals surface area contributed by atoms with Crippen LogP contribution in [0, 0.1) is 0 Å². The molecule has 1 atom stereocenters. The smallest absolute Gasteiger partial charge is 0.119 e. The van der Waals surface area contributed by atoms with Gasteiger partial charge >= 0.3 is 0 Å². The summed E-state index contributed by atoms with van der Waals surface area (Å²) in [5.74, 6) is 3.39. The van der Waals surface area contributed by atoms with Crippen LogP contribution in [0.1, 0.15) is 18.9 Å². The highest BCUT2D eigenvalue weighted by molar-refractivity contribution is 7.99. The third kappa shape index (κ3) is 4.65. The maximum absolute atomic E-state index is 5.75. The number of benzene rings is 1. The number of ether oxygens (including phenoxy) is 1. The first kappa shape index (κ1) is 15.6. The van der Waals surface area contributed by atoms with Crippen LogP contribution in [-0.4, -0.2) is 47.1 Å². The van der Waals surface area contributed by atoms with Gasteiger partial charge in [0.05, 0.1) is 6.61 Å². The van der Waals surface area contributed by atoms with Gasteiger partial charge < -0.3 is 10.5 Å². The Morgan fingerprint density at radius 1 is 1.45 bits per heavy atom. The lowest BCUT2D eigenvalue weighted by molar-refractivity contribution is 0.206. The molecule has 0 bridgehead atoms. The molecule has 5 heteroatoms. The van der Waals surface area contributed by atoms with Gasteiger partial charge in [-0.15, -0.1) is 0 Å². The highest BCUT2D eigenvalue weighted by atomic mass is 32.2. The van der Waals surface area contributed by atoms with E-state index >= 15 is 0 Å². The Bertz CT molecular complexity index is 436. The van der Waals surface area contributed by atoms with Crippen LogP contribution >= 0.6 is 24.0 Å². The zero-order valence-corrected chi connectivity index (χ0v) is 13.5. The van der Waals surface area contributed by atoms with E-state index in [1.165, 1.54) is 18.1 Å². The average molecular weight is 310 g/mol. The van der Waals surface area contributed by atoms with Crippen LogP contribution in [0.4, 0.5) is 0 Å². The molecule has 1 aliphatic rings. The van der Waals surface area contributed by atoms with Gasteiger partial charge in [-0.3, -0.25) is 4.90 Å². The van der Waals surface area contributed by atoms with Gasteiger partial charge in [-0.2, -0.15) is 11.8 Å². The fraction of sp³-hybridized carbons (Fsp3) is 0.533. The Hall–Kier alpha value is -0.780. The standard InChI is InChI=1S/C15H22N2OS2/c1-12-11-20-10-8-17(12)7-2-9-18-14-5-3-13(4-6-14)15(16)19/h3-6,12H,2,7-11H2,1H3,(H2,16,19). The molecule has 0 aromatic heterocycles. The molecule has 1 aliphatic heterocycles. The molecule has 0 amide bonds. The van der Waals surface area contributed by atoms with Gasteiger partial charge in [0.15, 0.2) is 0 Å². The minimum atomic E-state index is 0.425. The summed E-state index contributed by atoms with van der Waals surface area (Å²) in [5, 5.41) is 0. The van der Waals surface area contributed by atoms with Gasteiger partial charge in [-0.05, 0) is 37.6 Å². The minimum Gasteiger partial charge on any atom is -0.494 e. The van der Waals surface area contributed by atoms with Crippen molar-refractivity contribution in [3.63, 3.8) is 0 Å². The van der Waals surface area contributed by atoms with Gasteiger partial charge in [0.2, 0.25) is 0 Å². The van der Waals surface area contributed by atoms with Crippen molar-refractivity contribution < 1.29 is 4.74 Å². The first-order valence-corrected chi connectivity index (χ1v) is 8.57. The summed E-state index contributed by atoms with van der Waals surface area (Å²) in [5.41, 5.74) is 6.45. The normalized spacial score (nSPS) is 19.8. The second-order valence-corrected chi connectivity index (χ2v) is 6.64. The fourth-order valence-electron chi connectivity index (χ4n) is 2.27. The van der Waals surface area contributed by atoms with E-state index in [1.54, 1.807) is 0 Å². The van der Waals surface area contributed by atoms with Gasteiger partial charge in [0.25, 0.3) is 0 Å². The molecular weight excluding hydrogens is 288 g/mol. The van der Waals surface area contributed by atoms with E-state index in [0.29, 0.717) is 11.0 Å². The summed E-state index contributed by atoms with van der Waals surface area (Å²) in [4.78, 5) is 2.98. The molecule has 1 unspecified atom stereocenters. The fourth-order valence-corrected chi connectivity index (χ4v) is 3.49. The molecule has 0 aliphatic carbocycles. The third-order valence-corrected chi connectivity index (χ3v) is 4.93. The number of rotatable bonds is 6. The maximum Gasteiger partial charge on any atom is 0.119 e. The first-order valence-electron chi connectivity index (χ1n) is 7.01. The summed E-state index contributed by atoms with van der Waals surface area (Å²) < 4.78 is 5.75. The number of thiocarbonyl (C=S) groups is 1. The summed E-state index contributed by atoms with van der Waals surface area (Å²) in [6.07, 6.45) is 1.06. The lowest BCUT2D eigenvalue weighted by Crippen LogP contribution is -2.41. The Balaban J connectivity index is 1.69. The van der Waals surface area contributed by atoms with Gasteiger partial charge in [-0.1, -0.05) is 12.2 Å². The van der Waals surface area contributed by atoms with Crippen molar-refractivity contribution >= 4 is 29.0 Å². The molecular formula is C15H22N2OS2. The molecule has 1 saturated heterocycles. The average Bonchev–Trinajstić information content (AvgIpc) is 2.46. The quantitative estimate of drug-likeness (QED) is 0.646. The molecule has 2 rings (SSSR count). The molecule has 0 spiro atoms. The van der Waals surface area contributed by atoms with Gasteiger partial charge in [-0.25, -0.2) is 0 Å². The number of hydrogen-bond donors (Lipinski definition) is 1. The molecule has 1 aromatic rings. The molecule has 3 nitrogen and oxygen atoms in total. The topological polar surface area (TPSA) is 38.5 Å². The molecule has 0 radical (unpaired) electrons. The van der Waals surface area contributed by atoms with Crippen molar-refractivity contribution in [2.45, 2.75) is 19.4 Å². The Labute approximate surface area is 130 Å². The molecule has 20 heavy (non-hydrogen) atoms. The number of nitrogens with zero attached hydrogens (tertiary/aromatic N) is 1. The zero-order valence-electron chi connectivity index (χ0n) is 11.9. The van der Waals surface area contributed by atoms with Crippen LogP contribution in [0.2, 0.25) is 0 Å². The lowest BCUT2D eigenvalue weighted by Gasteiger charge is -2.32. The predicted octanol–water partition coefficient (Wildman–Crippen LogP) is 2.53. The van der Waals surface area contributed by atoms with Crippen molar-refractivity contribution in [2.24, 2.45) is 5.73 Å². The second-order valence-electron chi connectivity index (χ2n) is 5.05. The van der Waals surface area contributed by atoms with E-state index in [-0.39, 0.29) is 0 Å². The predicted molar refractivity (Wildman–Crippen MR) is 90.8 cm³/mol. The second kappa shape index (κ2) is 7.86. The number of thioether (sulfide) groups is 1. The zero-order chi connectivity index (χ0) is 14.4. The molecule has 110 valence electrons. The van der Waals surface area contributed by atoms with Crippen molar-refractivity contribution in [1.29, 1.82) is 0 Å².